The molecule has 0 radical (unpaired) electrons. The lowest BCUT2D eigenvalue weighted by Gasteiger charge is -2.02. The maximum absolute atomic E-state index is 11.1. The molecular formula is C9H10BrNO2. The number of hydrogen-bond acceptors (Lipinski definition) is 3. The molecule has 70 valence electrons. The molecule has 0 atom stereocenters. The fourth-order valence-corrected chi connectivity index (χ4v) is 1.31. The van der Waals surface area contributed by atoms with E-state index in [1.54, 1.807) is 25.4 Å². The third-order valence-electron chi connectivity index (χ3n) is 1.50. The average molecular weight is 244 g/mol. The first-order valence-corrected chi connectivity index (χ1v) is 4.77. The van der Waals surface area contributed by atoms with Crippen molar-refractivity contribution < 1.29 is 9.53 Å². The van der Waals surface area contributed by atoms with Gasteiger partial charge in [-0.3, -0.25) is 9.78 Å². The van der Waals surface area contributed by atoms with Gasteiger partial charge in [0.15, 0.2) is 0 Å². The summed E-state index contributed by atoms with van der Waals surface area (Å²) in [5, 5.41) is 0. The van der Waals surface area contributed by atoms with Crippen molar-refractivity contribution in [1.82, 2.24) is 4.98 Å². The van der Waals surface area contributed by atoms with Crippen LogP contribution in [0.1, 0.15) is 12.5 Å². The van der Waals surface area contributed by atoms with Crippen LogP contribution in [0.4, 0.5) is 0 Å². The molecule has 0 N–H and O–H groups in total. The smallest absolute Gasteiger partial charge is 0.310 e. The molecule has 0 saturated carbocycles. The van der Waals surface area contributed by atoms with E-state index in [2.05, 4.69) is 20.9 Å². The van der Waals surface area contributed by atoms with Gasteiger partial charge in [0, 0.05) is 16.9 Å². The first kappa shape index (κ1) is 10.2. The SMILES string of the molecule is CCOC(=O)Cc1ccncc1Br. The number of rotatable bonds is 3. The summed E-state index contributed by atoms with van der Waals surface area (Å²) >= 11 is 3.31. The molecule has 1 rings (SSSR count). The number of hydrogen-bond donors (Lipinski definition) is 0. The van der Waals surface area contributed by atoms with E-state index in [0.29, 0.717) is 6.61 Å². The van der Waals surface area contributed by atoms with Gasteiger partial charge in [-0.2, -0.15) is 0 Å². The normalized spacial score (nSPS) is 9.69. The number of carbonyl (C=O) groups excluding carboxylic acids is 1. The Morgan fingerprint density at radius 1 is 1.69 bits per heavy atom. The summed E-state index contributed by atoms with van der Waals surface area (Å²) in [6.07, 6.45) is 3.60. The van der Waals surface area contributed by atoms with Gasteiger partial charge in [0.05, 0.1) is 13.0 Å². The Labute approximate surface area is 85.3 Å². The van der Waals surface area contributed by atoms with Crippen molar-refractivity contribution in [2.24, 2.45) is 0 Å². The summed E-state index contributed by atoms with van der Waals surface area (Å²) in [6, 6.07) is 1.79. The number of pyridine rings is 1. The second-order valence-electron chi connectivity index (χ2n) is 2.45. The molecule has 0 bridgehead atoms. The maximum Gasteiger partial charge on any atom is 0.310 e. The van der Waals surface area contributed by atoms with Gasteiger partial charge in [0.25, 0.3) is 0 Å². The molecule has 0 unspecified atom stereocenters. The fraction of sp³-hybridized carbons (Fsp3) is 0.333. The summed E-state index contributed by atoms with van der Waals surface area (Å²) in [5.74, 6) is -0.214. The van der Waals surface area contributed by atoms with Gasteiger partial charge in [-0.05, 0) is 34.5 Å². The van der Waals surface area contributed by atoms with Crippen LogP contribution >= 0.6 is 15.9 Å². The Hall–Kier alpha value is -0.900. The molecule has 0 fully saturated rings. The van der Waals surface area contributed by atoms with Crippen LogP contribution in [0.5, 0.6) is 0 Å². The highest BCUT2D eigenvalue weighted by Gasteiger charge is 2.06. The fourth-order valence-electron chi connectivity index (χ4n) is 0.915. The average Bonchev–Trinajstić information content (AvgIpc) is 2.09. The number of aromatic nitrogens is 1. The number of halogens is 1. The van der Waals surface area contributed by atoms with Crippen LogP contribution in [0.2, 0.25) is 0 Å². The van der Waals surface area contributed by atoms with Crippen LogP contribution < -0.4 is 0 Å². The Morgan fingerprint density at radius 2 is 2.46 bits per heavy atom. The standard InChI is InChI=1S/C9H10BrNO2/c1-2-13-9(12)5-7-3-4-11-6-8(7)10/h3-4,6H,2,5H2,1H3. The number of nitrogens with zero attached hydrogens (tertiary/aromatic N) is 1. The van der Waals surface area contributed by atoms with Crippen molar-refractivity contribution in [3.05, 3.63) is 28.5 Å². The van der Waals surface area contributed by atoms with Gasteiger partial charge in [0.1, 0.15) is 0 Å². The minimum absolute atomic E-state index is 0.214. The quantitative estimate of drug-likeness (QED) is 0.763. The van der Waals surface area contributed by atoms with Gasteiger partial charge >= 0.3 is 5.97 Å². The third kappa shape index (κ3) is 3.14. The molecule has 0 spiro atoms. The molecule has 1 heterocycles. The minimum atomic E-state index is -0.214. The Kier molecular flexibility index (Phi) is 3.89. The first-order chi connectivity index (χ1) is 6.24. The largest absolute Gasteiger partial charge is 0.466 e. The van der Waals surface area contributed by atoms with Gasteiger partial charge in [-0.15, -0.1) is 0 Å². The van der Waals surface area contributed by atoms with Gasteiger partial charge in [-0.25, -0.2) is 0 Å². The summed E-state index contributed by atoms with van der Waals surface area (Å²) in [4.78, 5) is 15.0. The van der Waals surface area contributed by atoms with Crippen LogP contribution in [0.3, 0.4) is 0 Å². The summed E-state index contributed by atoms with van der Waals surface area (Å²) in [5.41, 5.74) is 0.897. The van der Waals surface area contributed by atoms with Gasteiger partial charge in [0.2, 0.25) is 0 Å². The molecule has 13 heavy (non-hydrogen) atoms. The van der Waals surface area contributed by atoms with E-state index in [1.807, 2.05) is 0 Å². The Bertz CT molecular complexity index is 301. The number of ether oxygens (including phenoxy) is 1. The summed E-state index contributed by atoms with van der Waals surface area (Å²) < 4.78 is 5.66. The third-order valence-corrected chi connectivity index (χ3v) is 2.21. The van der Waals surface area contributed by atoms with E-state index >= 15 is 0 Å². The van der Waals surface area contributed by atoms with E-state index < -0.39 is 0 Å². The molecule has 1 aromatic heterocycles. The lowest BCUT2D eigenvalue weighted by Crippen LogP contribution is -2.07. The lowest BCUT2D eigenvalue weighted by atomic mass is 10.2. The van der Waals surface area contributed by atoms with Crippen molar-refractivity contribution in [3.8, 4) is 0 Å². The zero-order valence-corrected chi connectivity index (χ0v) is 8.87. The first-order valence-electron chi connectivity index (χ1n) is 3.98. The van der Waals surface area contributed by atoms with Gasteiger partial charge < -0.3 is 4.74 Å². The summed E-state index contributed by atoms with van der Waals surface area (Å²) in [6.45, 7) is 2.21. The zero-order valence-electron chi connectivity index (χ0n) is 7.29. The Balaban J connectivity index is 2.63. The van der Waals surface area contributed by atoms with Crippen molar-refractivity contribution >= 4 is 21.9 Å². The number of carbonyl (C=O) groups is 1. The van der Waals surface area contributed by atoms with E-state index in [0.717, 1.165) is 10.0 Å². The lowest BCUT2D eigenvalue weighted by molar-refractivity contribution is -0.142. The van der Waals surface area contributed by atoms with E-state index in [1.165, 1.54) is 0 Å². The Morgan fingerprint density at radius 3 is 3.08 bits per heavy atom. The van der Waals surface area contributed by atoms with E-state index in [4.69, 9.17) is 4.74 Å². The van der Waals surface area contributed by atoms with Gasteiger partial charge in [-0.1, -0.05) is 0 Å². The van der Waals surface area contributed by atoms with Crippen molar-refractivity contribution in [1.29, 1.82) is 0 Å². The topological polar surface area (TPSA) is 39.2 Å². The van der Waals surface area contributed by atoms with Crippen molar-refractivity contribution in [2.75, 3.05) is 6.61 Å². The molecule has 1 aromatic rings. The molecule has 0 aliphatic carbocycles. The molecule has 3 nitrogen and oxygen atoms in total. The zero-order chi connectivity index (χ0) is 9.68. The molecule has 4 heteroatoms. The van der Waals surface area contributed by atoms with E-state index in [-0.39, 0.29) is 12.4 Å². The second kappa shape index (κ2) is 4.97. The maximum atomic E-state index is 11.1. The molecule has 0 aliphatic heterocycles. The monoisotopic (exact) mass is 243 g/mol. The molecule has 0 aliphatic rings. The minimum Gasteiger partial charge on any atom is -0.466 e. The predicted octanol–water partition coefficient (Wildman–Crippen LogP) is 1.95. The van der Waals surface area contributed by atoms with Crippen molar-refractivity contribution in [3.63, 3.8) is 0 Å². The highest BCUT2D eigenvalue weighted by molar-refractivity contribution is 9.10. The highest BCUT2D eigenvalue weighted by atomic mass is 79.9. The van der Waals surface area contributed by atoms with Crippen LogP contribution in [0.15, 0.2) is 22.9 Å². The molecule has 0 amide bonds. The predicted molar refractivity (Wildman–Crippen MR) is 52.3 cm³/mol. The molecular weight excluding hydrogens is 234 g/mol. The van der Waals surface area contributed by atoms with Crippen LogP contribution in [0, 0.1) is 0 Å². The van der Waals surface area contributed by atoms with E-state index in [9.17, 15) is 4.79 Å². The molecule has 0 aromatic carbocycles. The summed E-state index contributed by atoms with van der Waals surface area (Å²) in [7, 11) is 0. The van der Waals surface area contributed by atoms with Crippen LogP contribution in [-0.4, -0.2) is 17.6 Å². The second-order valence-corrected chi connectivity index (χ2v) is 3.30. The van der Waals surface area contributed by atoms with Crippen LogP contribution in [0.25, 0.3) is 0 Å². The van der Waals surface area contributed by atoms with Crippen LogP contribution in [-0.2, 0) is 16.0 Å². The number of esters is 1. The highest BCUT2D eigenvalue weighted by Crippen LogP contribution is 2.14. The van der Waals surface area contributed by atoms with Crippen molar-refractivity contribution in [2.45, 2.75) is 13.3 Å². The molecule has 0 saturated heterocycles.